The van der Waals surface area contributed by atoms with Gasteiger partial charge < -0.3 is 10.1 Å². The number of nitrogens with one attached hydrogen (secondary N) is 1. The van der Waals surface area contributed by atoms with E-state index in [2.05, 4.69) is 33.0 Å². The fraction of sp³-hybridized carbons (Fsp3) is 1.00. The Morgan fingerprint density at radius 1 is 1.29 bits per heavy atom. The molecule has 2 aliphatic rings. The molecule has 1 aliphatic carbocycles. The summed E-state index contributed by atoms with van der Waals surface area (Å²) in [6.45, 7) is 11.2. The molecule has 2 rings (SSSR count). The highest BCUT2D eigenvalue weighted by molar-refractivity contribution is 5.00. The fourth-order valence-electron chi connectivity index (χ4n) is 3.61. The van der Waals surface area contributed by atoms with Gasteiger partial charge in [0.25, 0.3) is 0 Å². The zero-order valence-corrected chi connectivity index (χ0v) is 12.0. The molecule has 0 radical (unpaired) electrons. The maximum atomic E-state index is 6.70. The molecule has 0 aromatic carbocycles. The molecule has 1 spiro atoms. The molecule has 17 heavy (non-hydrogen) atoms. The summed E-state index contributed by atoms with van der Waals surface area (Å²) in [5.41, 5.74) is 0.146. The molecule has 2 heteroatoms. The van der Waals surface area contributed by atoms with Crippen LogP contribution in [0.25, 0.3) is 0 Å². The minimum Gasteiger partial charge on any atom is -0.366 e. The highest BCUT2D eigenvalue weighted by Crippen LogP contribution is 2.44. The summed E-state index contributed by atoms with van der Waals surface area (Å²) in [5.74, 6) is 1.33. The normalized spacial score (nSPS) is 43.2. The lowest BCUT2D eigenvalue weighted by Crippen LogP contribution is -2.64. The van der Waals surface area contributed by atoms with Crippen LogP contribution >= 0.6 is 0 Å². The van der Waals surface area contributed by atoms with Crippen LogP contribution in [0, 0.1) is 11.8 Å². The summed E-state index contributed by atoms with van der Waals surface area (Å²) in [6.07, 6.45) is 6.59. The van der Waals surface area contributed by atoms with E-state index in [1.54, 1.807) is 0 Å². The zero-order valence-electron chi connectivity index (χ0n) is 12.0. The van der Waals surface area contributed by atoms with Crippen LogP contribution in [0.1, 0.15) is 59.8 Å². The van der Waals surface area contributed by atoms with Gasteiger partial charge in [-0.3, -0.25) is 0 Å². The van der Waals surface area contributed by atoms with Crippen LogP contribution in [-0.4, -0.2) is 24.3 Å². The van der Waals surface area contributed by atoms with Crippen molar-refractivity contribution < 1.29 is 4.74 Å². The fourth-order valence-corrected chi connectivity index (χ4v) is 3.61. The summed E-state index contributed by atoms with van der Waals surface area (Å²) >= 11 is 0. The van der Waals surface area contributed by atoms with E-state index in [0.717, 1.165) is 19.0 Å². The maximum absolute atomic E-state index is 6.70. The number of hydrogen-bond acceptors (Lipinski definition) is 2. The highest BCUT2D eigenvalue weighted by atomic mass is 16.5. The van der Waals surface area contributed by atoms with E-state index in [9.17, 15) is 0 Å². The first-order valence-corrected chi connectivity index (χ1v) is 7.43. The molecular weight excluding hydrogens is 210 g/mol. The summed E-state index contributed by atoms with van der Waals surface area (Å²) in [4.78, 5) is 0. The van der Waals surface area contributed by atoms with Crippen LogP contribution in [0.15, 0.2) is 0 Å². The molecule has 1 saturated carbocycles. The van der Waals surface area contributed by atoms with Crippen LogP contribution in [-0.2, 0) is 4.74 Å². The molecule has 2 nitrogen and oxygen atoms in total. The standard InChI is InChI=1S/C15H29NO/c1-5-13-8-6-7-9-15(13)11-16-10-14(4,17-15)12(2)3/h12-13,16H,5-11H2,1-4H3. The van der Waals surface area contributed by atoms with Gasteiger partial charge in [-0.05, 0) is 31.6 Å². The third-order valence-corrected chi connectivity index (χ3v) is 5.20. The second-order valence-electron chi connectivity index (χ2n) is 6.59. The van der Waals surface area contributed by atoms with Crippen molar-refractivity contribution in [3.05, 3.63) is 0 Å². The van der Waals surface area contributed by atoms with Gasteiger partial charge in [-0.15, -0.1) is 0 Å². The molecule has 1 heterocycles. The lowest BCUT2D eigenvalue weighted by molar-refractivity contribution is -0.222. The molecule has 0 aromatic heterocycles. The summed E-state index contributed by atoms with van der Waals surface area (Å²) in [5, 5.41) is 3.66. The monoisotopic (exact) mass is 239 g/mol. The van der Waals surface area contributed by atoms with Crippen LogP contribution in [0.2, 0.25) is 0 Å². The number of morpholine rings is 1. The number of ether oxygens (including phenoxy) is 1. The molecule has 0 amide bonds. The topological polar surface area (TPSA) is 21.3 Å². The van der Waals surface area contributed by atoms with Gasteiger partial charge >= 0.3 is 0 Å². The van der Waals surface area contributed by atoms with Crippen molar-refractivity contribution in [1.29, 1.82) is 0 Å². The second-order valence-corrected chi connectivity index (χ2v) is 6.59. The predicted molar refractivity (Wildman–Crippen MR) is 72.2 cm³/mol. The molecular formula is C15H29NO. The zero-order chi connectivity index (χ0) is 12.5. The van der Waals surface area contributed by atoms with Gasteiger partial charge in [-0.1, -0.05) is 40.0 Å². The van der Waals surface area contributed by atoms with Gasteiger partial charge in [0, 0.05) is 13.1 Å². The molecule has 1 aliphatic heterocycles. The van der Waals surface area contributed by atoms with Crippen molar-refractivity contribution in [2.45, 2.75) is 71.0 Å². The Morgan fingerprint density at radius 2 is 2.06 bits per heavy atom. The van der Waals surface area contributed by atoms with Crippen LogP contribution in [0.4, 0.5) is 0 Å². The average Bonchev–Trinajstić information content (AvgIpc) is 2.29. The van der Waals surface area contributed by atoms with Gasteiger partial charge in [0.2, 0.25) is 0 Å². The molecule has 3 unspecified atom stereocenters. The van der Waals surface area contributed by atoms with Crippen molar-refractivity contribution >= 4 is 0 Å². The smallest absolute Gasteiger partial charge is 0.0842 e. The largest absolute Gasteiger partial charge is 0.366 e. The van der Waals surface area contributed by atoms with Gasteiger partial charge in [0.05, 0.1) is 11.2 Å². The van der Waals surface area contributed by atoms with Crippen LogP contribution in [0.5, 0.6) is 0 Å². The molecule has 2 fully saturated rings. The van der Waals surface area contributed by atoms with Crippen molar-refractivity contribution in [2.24, 2.45) is 11.8 Å². The summed E-state index contributed by atoms with van der Waals surface area (Å²) in [7, 11) is 0. The molecule has 1 saturated heterocycles. The Morgan fingerprint density at radius 3 is 2.71 bits per heavy atom. The lowest BCUT2D eigenvalue weighted by Gasteiger charge is -2.54. The Hall–Kier alpha value is -0.0800. The predicted octanol–water partition coefficient (Wildman–Crippen LogP) is 3.36. The van der Waals surface area contributed by atoms with E-state index in [1.165, 1.54) is 32.1 Å². The molecule has 100 valence electrons. The van der Waals surface area contributed by atoms with E-state index in [4.69, 9.17) is 4.74 Å². The molecule has 0 bridgehead atoms. The Labute approximate surface area is 107 Å². The van der Waals surface area contributed by atoms with Gasteiger partial charge in [0.1, 0.15) is 0 Å². The minimum absolute atomic E-state index is 0.0169. The van der Waals surface area contributed by atoms with E-state index in [0.29, 0.717) is 5.92 Å². The molecule has 1 N–H and O–H groups in total. The Kier molecular flexibility index (Phi) is 3.84. The number of rotatable bonds is 2. The van der Waals surface area contributed by atoms with Crippen molar-refractivity contribution in [3.8, 4) is 0 Å². The third kappa shape index (κ3) is 2.39. The average molecular weight is 239 g/mol. The maximum Gasteiger partial charge on any atom is 0.0842 e. The first-order valence-electron chi connectivity index (χ1n) is 7.43. The quantitative estimate of drug-likeness (QED) is 0.798. The summed E-state index contributed by atoms with van der Waals surface area (Å²) in [6, 6.07) is 0. The van der Waals surface area contributed by atoms with Crippen molar-refractivity contribution in [1.82, 2.24) is 5.32 Å². The minimum atomic E-state index is 0.0169. The first kappa shape index (κ1) is 13.4. The van der Waals surface area contributed by atoms with Gasteiger partial charge in [-0.2, -0.15) is 0 Å². The SMILES string of the molecule is CCC1CCCCC12CNCC(C)(C(C)C)O2. The van der Waals surface area contributed by atoms with E-state index < -0.39 is 0 Å². The Bertz CT molecular complexity index is 262. The van der Waals surface area contributed by atoms with E-state index >= 15 is 0 Å². The number of hydrogen-bond donors (Lipinski definition) is 1. The Balaban J connectivity index is 2.18. The van der Waals surface area contributed by atoms with Gasteiger partial charge in [0.15, 0.2) is 0 Å². The molecule has 0 aromatic rings. The van der Waals surface area contributed by atoms with E-state index in [1.807, 2.05) is 0 Å². The van der Waals surface area contributed by atoms with Crippen LogP contribution in [0.3, 0.4) is 0 Å². The highest BCUT2D eigenvalue weighted by Gasteiger charge is 2.49. The van der Waals surface area contributed by atoms with Crippen LogP contribution < -0.4 is 5.32 Å². The lowest BCUT2D eigenvalue weighted by atomic mass is 9.71. The van der Waals surface area contributed by atoms with Crippen molar-refractivity contribution in [2.75, 3.05) is 13.1 Å². The second kappa shape index (κ2) is 4.89. The molecule has 3 atom stereocenters. The van der Waals surface area contributed by atoms with E-state index in [-0.39, 0.29) is 11.2 Å². The first-order chi connectivity index (χ1) is 8.02. The third-order valence-electron chi connectivity index (χ3n) is 5.20. The van der Waals surface area contributed by atoms with Crippen molar-refractivity contribution in [3.63, 3.8) is 0 Å². The van der Waals surface area contributed by atoms with Gasteiger partial charge in [-0.25, -0.2) is 0 Å². The summed E-state index contributed by atoms with van der Waals surface area (Å²) < 4.78 is 6.70.